The van der Waals surface area contributed by atoms with Crippen molar-refractivity contribution in [1.82, 2.24) is 10.2 Å². The molecule has 2 aromatic rings. The average molecular weight is 269 g/mol. The van der Waals surface area contributed by atoms with Crippen LogP contribution in [0.3, 0.4) is 0 Å². The third kappa shape index (κ3) is 2.61. The van der Waals surface area contributed by atoms with Gasteiger partial charge in [-0.05, 0) is 18.2 Å². The first kappa shape index (κ1) is 12.0. The zero-order valence-electron chi connectivity index (χ0n) is 8.66. The zero-order chi connectivity index (χ0) is 13.1. The van der Waals surface area contributed by atoms with E-state index in [0.29, 0.717) is 0 Å². The van der Waals surface area contributed by atoms with E-state index in [1.165, 1.54) is 18.2 Å². The molecule has 0 aliphatic rings. The summed E-state index contributed by atoms with van der Waals surface area (Å²) in [6, 6.07) is 5.15. The van der Waals surface area contributed by atoms with Gasteiger partial charge in [0.05, 0.1) is 6.07 Å². The van der Waals surface area contributed by atoms with Gasteiger partial charge in [-0.15, -0.1) is 10.2 Å². The van der Waals surface area contributed by atoms with E-state index in [4.69, 9.17) is 16.0 Å². The molecule has 1 N–H and O–H groups in total. The van der Waals surface area contributed by atoms with E-state index >= 15 is 0 Å². The first-order chi connectivity index (χ1) is 8.56. The van der Waals surface area contributed by atoms with Gasteiger partial charge in [0.1, 0.15) is 4.92 Å². The number of amides is 1. The summed E-state index contributed by atoms with van der Waals surface area (Å²) in [6.07, 6.45) is 0. The second-order valence-electron chi connectivity index (χ2n) is 3.09. The van der Waals surface area contributed by atoms with Crippen LogP contribution in [0.4, 0.5) is 11.7 Å². The quantitative estimate of drug-likeness (QED) is 0.672. The minimum Gasteiger partial charge on any atom is -0.395 e. The molecule has 0 aliphatic heterocycles. The first-order valence-electron chi connectivity index (χ1n) is 4.61. The number of carbonyl (C=O) groups excluding carboxylic acids is 1. The molecule has 0 aliphatic carbocycles. The summed E-state index contributed by atoms with van der Waals surface area (Å²) in [7, 11) is 0. The molecule has 0 aromatic carbocycles. The van der Waals surface area contributed by atoms with Gasteiger partial charge >= 0.3 is 5.88 Å². The number of nitrogens with one attached hydrogen (secondary N) is 1. The summed E-state index contributed by atoms with van der Waals surface area (Å²) in [5.41, 5.74) is 0. The van der Waals surface area contributed by atoms with Crippen molar-refractivity contribution in [3.8, 4) is 0 Å². The summed E-state index contributed by atoms with van der Waals surface area (Å²) < 4.78 is 4.72. The Morgan fingerprint density at radius 2 is 2.11 bits per heavy atom. The minimum absolute atomic E-state index is 0.156. The zero-order valence-corrected chi connectivity index (χ0v) is 9.42. The van der Waals surface area contributed by atoms with Gasteiger partial charge in [0.2, 0.25) is 0 Å². The predicted octanol–water partition coefficient (Wildman–Crippen LogP) is 1.88. The third-order valence-corrected chi connectivity index (χ3v) is 2.07. The van der Waals surface area contributed by atoms with E-state index in [1.807, 2.05) is 0 Å². The molecule has 0 spiro atoms. The Balaban J connectivity index is 2.11. The van der Waals surface area contributed by atoms with E-state index in [0.717, 1.165) is 6.07 Å². The molecule has 0 saturated heterocycles. The monoisotopic (exact) mass is 268 g/mol. The van der Waals surface area contributed by atoms with Crippen molar-refractivity contribution in [2.45, 2.75) is 0 Å². The van der Waals surface area contributed by atoms with Crippen LogP contribution in [0.1, 0.15) is 10.6 Å². The Hall–Kier alpha value is -2.48. The highest BCUT2D eigenvalue weighted by Gasteiger charge is 2.17. The van der Waals surface area contributed by atoms with Gasteiger partial charge in [0.25, 0.3) is 5.91 Å². The first-order valence-corrected chi connectivity index (χ1v) is 4.99. The number of carbonyl (C=O) groups is 1. The van der Waals surface area contributed by atoms with Gasteiger partial charge < -0.3 is 9.73 Å². The third-order valence-electron chi connectivity index (χ3n) is 1.87. The van der Waals surface area contributed by atoms with E-state index in [2.05, 4.69) is 15.5 Å². The molecule has 9 heteroatoms. The van der Waals surface area contributed by atoms with Crippen LogP contribution >= 0.6 is 11.6 Å². The molecule has 1 amide bonds. The van der Waals surface area contributed by atoms with E-state index < -0.39 is 16.7 Å². The summed E-state index contributed by atoms with van der Waals surface area (Å²) >= 11 is 5.52. The van der Waals surface area contributed by atoms with Crippen molar-refractivity contribution in [1.29, 1.82) is 0 Å². The van der Waals surface area contributed by atoms with Crippen LogP contribution in [0.5, 0.6) is 0 Å². The summed E-state index contributed by atoms with van der Waals surface area (Å²) in [6.45, 7) is 0. The highest BCUT2D eigenvalue weighted by atomic mass is 35.5. The molecule has 0 saturated carbocycles. The topological polar surface area (TPSA) is 111 Å². The maximum atomic E-state index is 11.6. The van der Waals surface area contributed by atoms with Crippen LogP contribution in [0, 0.1) is 10.1 Å². The highest BCUT2D eigenvalue weighted by Crippen LogP contribution is 2.16. The number of hydrogen-bond donors (Lipinski definition) is 1. The molecule has 8 nitrogen and oxygen atoms in total. The van der Waals surface area contributed by atoms with E-state index in [9.17, 15) is 14.9 Å². The lowest BCUT2D eigenvalue weighted by atomic mass is 10.4. The number of nitrogens with zero attached hydrogens (tertiary/aromatic N) is 3. The largest absolute Gasteiger partial charge is 0.433 e. The number of hydrogen-bond acceptors (Lipinski definition) is 6. The number of rotatable bonds is 3. The molecule has 0 fully saturated rings. The van der Waals surface area contributed by atoms with Crippen molar-refractivity contribution in [2.75, 3.05) is 5.32 Å². The molecule has 2 heterocycles. The van der Waals surface area contributed by atoms with E-state index in [1.54, 1.807) is 0 Å². The molecule has 2 rings (SSSR count). The smallest absolute Gasteiger partial charge is 0.395 e. The standard InChI is InChI=1S/C9H5ClN4O4/c10-6-2-3-7(13-12-6)11-9(15)5-1-4-8(18-5)14(16)17/h1-4H,(H,11,13,15). The minimum atomic E-state index is -0.737. The van der Waals surface area contributed by atoms with Crippen LogP contribution in [-0.2, 0) is 0 Å². The van der Waals surface area contributed by atoms with Crippen molar-refractivity contribution in [3.05, 3.63) is 45.3 Å². The maximum Gasteiger partial charge on any atom is 0.433 e. The fourth-order valence-corrected chi connectivity index (χ4v) is 1.21. The summed E-state index contributed by atoms with van der Waals surface area (Å²) in [5, 5.41) is 20.0. The predicted molar refractivity (Wildman–Crippen MR) is 60.4 cm³/mol. The molecule has 18 heavy (non-hydrogen) atoms. The Bertz CT molecular complexity index is 595. The van der Waals surface area contributed by atoms with Crippen LogP contribution < -0.4 is 5.32 Å². The molecule has 0 radical (unpaired) electrons. The second-order valence-corrected chi connectivity index (χ2v) is 3.48. The fourth-order valence-electron chi connectivity index (χ4n) is 1.11. The average Bonchev–Trinajstić information content (AvgIpc) is 2.81. The highest BCUT2D eigenvalue weighted by molar-refractivity contribution is 6.29. The SMILES string of the molecule is O=C(Nc1ccc(Cl)nn1)c1ccc([N+](=O)[O-])o1. The van der Waals surface area contributed by atoms with Gasteiger partial charge in [-0.25, -0.2) is 0 Å². The number of anilines is 1. The Labute approximate surface area is 105 Å². The van der Waals surface area contributed by atoms with Crippen LogP contribution in [-0.4, -0.2) is 21.0 Å². The van der Waals surface area contributed by atoms with Gasteiger partial charge in [-0.2, -0.15) is 0 Å². The van der Waals surface area contributed by atoms with Crippen molar-refractivity contribution in [3.63, 3.8) is 0 Å². The van der Waals surface area contributed by atoms with Gasteiger partial charge in [-0.3, -0.25) is 14.9 Å². The van der Waals surface area contributed by atoms with Crippen LogP contribution in [0.15, 0.2) is 28.7 Å². The van der Waals surface area contributed by atoms with Crippen molar-refractivity contribution in [2.24, 2.45) is 0 Å². The number of nitro groups is 1. The molecule has 0 bridgehead atoms. The van der Waals surface area contributed by atoms with Gasteiger partial charge in [0.15, 0.2) is 16.7 Å². The van der Waals surface area contributed by atoms with Crippen molar-refractivity contribution >= 4 is 29.2 Å². The van der Waals surface area contributed by atoms with Crippen molar-refractivity contribution < 1.29 is 14.1 Å². The Kier molecular flexibility index (Phi) is 3.20. The number of furan rings is 1. The lowest BCUT2D eigenvalue weighted by Gasteiger charge is -1.99. The lowest BCUT2D eigenvalue weighted by Crippen LogP contribution is -2.12. The molecule has 2 aromatic heterocycles. The maximum absolute atomic E-state index is 11.6. The molecule has 0 atom stereocenters. The Morgan fingerprint density at radius 1 is 1.33 bits per heavy atom. The van der Waals surface area contributed by atoms with Gasteiger partial charge in [-0.1, -0.05) is 11.6 Å². The second kappa shape index (κ2) is 4.80. The summed E-state index contributed by atoms with van der Waals surface area (Å²) in [4.78, 5) is 21.2. The molecule has 0 unspecified atom stereocenters. The fraction of sp³-hybridized carbons (Fsp3) is 0. The van der Waals surface area contributed by atoms with Crippen LogP contribution in [0.25, 0.3) is 0 Å². The van der Waals surface area contributed by atoms with E-state index in [-0.39, 0.29) is 16.7 Å². The normalized spacial score (nSPS) is 10.1. The molecular formula is C9H5ClN4O4. The number of aromatic nitrogens is 2. The Morgan fingerprint density at radius 3 is 2.67 bits per heavy atom. The summed E-state index contributed by atoms with van der Waals surface area (Å²) in [5.74, 6) is -1.22. The molecular weight excluding hydrogens is 264 g/mol. The molecule has 92 valence electrons. The van der Waals surface area contributed by atoms with Crippen LogP contribution in [0.2, 0.25) is 5.15 Å². The lowest BCUT2D eigenvalue weighted by molar-refractivity contribution is -0.402. The number of halogens is 1. The van der Waals surface area contributed by atoms with Gasteiger partial charge in [0, 0.05) is 0 Å².